The van der Waals surface area contributed by atoms with Gasteiger partial charge in [-0.2, -0.15) is 0 Å². The molecular weight excluding hydrogens is 242 g/mol. The highest BCUT2D eigenvalue weighted by Crippen LogP contribution is 2.24. The Morgan fingerprint density at radius 3 is 3.11 bits per heavy atom. The Morgan fingerprint density at radius 2 is 2.37 bits per heavy atom. The van der Waals surface area contributed by atoms with Crippen molar-refractivity contribution in [2.75, 3.05) is 25.1 Å². The van der Waals surface area contributed by atoms with Crippen LogP contribution >= 0.6 is 0 Å². The van der Waals surface area contributed by atoms with Gasteiger partial charge >= 0.3 is 0 Å². The van der Waals surface area contributed by atoms with Crippen LogP contribution in [0.3, 0.4) is 0 Å². The lowest BCUT2D eigenvalue weighted by Gasteiger charge is -2.21. The largest absolute Gasteiger partial charge is 0.481 e. The van der Waals surface area contributed by atoms with Crippen molar-refractivity contribution in [1.29, 1.82) is 0 Å². The first-order chi connectivity index (χ1) is 9.33. The van der Waals surface area contributed by atoms with Crippen molar-refractivity contribution in [3.8, 4) is 11.3 Å². The van der Waals surface area contributed by atoms with Gasteiger partial charge in [0, 0.05) is 24.8 Å². The lowest BCUT2D eigenvalue weighted by Crippen LogP contribution is -2.28. The van der Waals surface area contributed by atoms with Crippen LogP contribution in [-0.4, -0.2) is 37.6 Å². The Bertz CT molecular complexity index is 566. The summed E-state index contributed by atoms with van der Waals surface area (Å²) in [6, 6.07) is 8.38. The normalized spacial score (nSPS) is 17.4. The summed E-state index contributed by atoms with van der Waals surface area (Å²) in [5, 5.41) is 0. The van der Waals surface area contributed by atoms with Gasteiger partial charge in [-0.25, -0.2) is 9.98 Å². The summed E-state index contributed by atoms with van der Waals surface area (Å²) in [4.78, 5) is 10.4. The third-order valence-corrected chi connectivity index (χ3v) is 3.12. The van der Waals surface area contributed by atoms with Crippen molar-refractivity contribution in [3.63, 3.8) is 0 Å². The Balaban J connectivity index is 1.77. The summed E-state index contributed by atoms with van der Waals surface area (Å²) >= 11 is 0. The second kappa shape index (κ2) is 5.14. The van der Waals surface area contributed by atoms with Crippen LogP contribution in [0.1, 0.15) is 0 Å². The van der Waals surface area contributed by atoms with Crippen molar-refractivity contribution < 1.29 is 9.15 Å². The molecule has 0 saturated heterocycles. The summed E-state index contributed by atoms with van der Waals surface area (Å²) in [7, 11) is 2.05. The monoisotopic (exact) mass is 257 g/mol. The van der Waals surface area contributed by atoms with Gasteiger partial charge in [0.2, 0.25) is 0 Å². The number of oxazole rings is 1. The standard InChI is InChI=1S/C14H15N3O2/c1-17(7-12-8-18-10-16-12)13-4-2-3-11(5-13)14-6-15-9-19-14/h2-6,9-10,12H,7-8H2,1H3. The SMILES string of the molecule is CN(CC1COC=N1)c1cccc(-c2cnco2)c1. The van der Waals surface area contributed by atoms with E-state index in [-0.39, 0.29) is 6.04 Å². The highest BCUT2D eigenvalue weighted by atomic mass is 16.5. The second-order valence-electron chi connectivity index (χ2n) is 4.54. The van der Waals surface area contributed by atoms with Crippen LogP contribution in [0.5, 0.6) is 0 Å². The van der Waals surface area contributed by atoms with E-state index >= 15 is 0 Å². The van der Waals surface area contributed by atoms with Gasteiger partial charge in [0.1, 0.15) is 12.6 Å². The number of nitrogens with zero attached hydrogens (tertiary/aromatic N) is 3. The van der Waals surface area contributed by atoms with Crippen LogP contribution in [0.2, 0.25) is 0 Å². The number of hydrogen-bond acceptors (Lipinski definition) is 5. The number of benzene rings is 1. The molecule has 1 atom stereocenters. The van der Waals surface area contributed by atoms with Crippen LogP contribution in [0.15, 0.2) is 46.3 Å². The van der Waals surface area contributed by atoms with Gasteiger partial charge in [-0.15, -0.1) is 0 Å². The molecule has 5 nitrogen and oxygen atoms in total. The number of aromatic nitrogens is 1. The number of rotatable bonds is 4. The van der Waals surface area contributed by atoms with E-state index in [1.165, 1.54) is 12.8 Å². The first kappa shape index (κ1) is 11.8. The Labute approximate surface area is 111 Å². The van der Waals surface area contributed by atoms with Crippen LogP contribution in [-0.2, 0) is 4.74 Å². The van der Waals surface area contributed by atoms with Gasteiger partial charge in [-0.05, 0) is 12.1 Å². The zero-order valence-corrected chi connectivity index (χ0v) is 10.7. The third-order valence-electron chi connectivity index (χ3n) is 3.12. The molecule has 0 radical (unpaired) electrons. The molecule has 5 heteroatoms. The van der Waals surface area contributed by atoms with Crippen molar-refractivity contribution in [3.05, 3.63) is 36.9 Å². The van der Waals surface area contributed by atoms with Gasteiger partial charge < -0.3 is 14.1 Å². The van der Waals surface area contributed by atoms with E-state index in [1.54, 1.807) is 6.20 Å². The third kappa shape index (κ3) is 2.59. The van der Waals surface area contributed by atoms with Crippen molar-refractivity contribution in [1.82, 2.24) is 4.98 Å². The Hall–Kier alpha value is -2.30. The zero-order chi connectivity index (χ0) is 13.1. The molecule has 1 aromatic carbocycles. The molecule has 0 fully saturated rings. The topological polar surface area (TPSA) is 50.9 Å². The average Bonchev–Trinajstić information content (AvgIpc) is 3.12. The minimum atomic E-state index is 0.207. The molecule has 1 unspecified atom stereocenters. The first-order valence-corrected chi connectivity index (χ1v) is 6.16. The van der Waals surface area contributed by atoms with Gasteiger partial charge in [0.15, 0.2) is 18.6 Å². The maximum atomic E-state index is 5.31. The molecule has 2 heterocycles. The van der Waals surface area contributed by atoms with Crippen molar-refractivity contribution in [2.24, 2.45) is 4.99 Å². The summed E-state index contributed by atoms with van der Waals surface area (Å²) in [5.41, 5.74) is 2.14. The number of hydrogen-bond donors (Lipinski definition) is 0. The van der Waals surface area contributed by atoms with E-state index in [1.807, 2.05) is 19.2 Å². The van der Waals surface area contributed by atoms with Gasteiger partial charge in [-0.1, -0.05) is 12.1 Å². The molecule has 1 aromatic heterocycles. The molecule has 98 valence electrons. The summed E-state index contributed by atoms with van der Waals surface area (Å²) in [6.07, 6.45) is 4.69. The molecule has 1 aliphatic rings. The number of likely N-dealkylation sites (N-methyl/N-ethyl adjacent to an activating group) is 1. The smallest absolute Gasteiger partial charge is 0.181 e. The molecule has 1 aliphatic heterocycles. The number of ether oxygens (including phenoxy) is 1. The van der Waals surface area contributed by atoms with E-state index in [9.17, 15) is 0 Å². The Kier molecular flexibility index (Phi) is 3.18. The van der Waals surface area contributed by atoms with E-state index < -0.39 is 0 Å². The van der Waals surface area contributed by atoms with E-state index in [0.29, 0.717) is 6.61 Å². The zero-order valence-electron chi connectivity index (χ0n) is 10.7. The molecule has 0 bridgehead atoms. The predicted octanol–water partition coefficient (Wildman–Crippen LogP) is 2.20. The fourth-order valence-corrected chi connectivity index (χ4v) is 2.10. The molecule has 0 saturated carbocycles. The van der Waals surface area contributed by atoms with E-state index in [2.05, 4.69) is 27.0 Å². The highest BCUT2D eigenvalue weighted by Gasteiger charge is 2.15. The molecule has 0 amide bonds. The Morgan fingerprint density at radius 1 is 1.42 bits per heavy atom. The van der Waals surface area contributed by atoms with Gasteiger partial charge in [0.05, 0.1) is 6.20 Å². The summed E-state index contributed by atoms with van der Waals surface area (Å²) in [6.45, 7) is 1.49. The van der Waals surface area contributed by atoms with Crippen molar-refractivity contribution in [2.45, 2.75) is 6.04 Å². The van der Waals surface area contributed by atoms with Gasteiger partial charge in [0.25, 0.3) is 0 Å². The molecule has 0 spiro atoms. The van der Waals surface area contributed by atoms with Crippen LogP contribution in [0.4, 0.5) is 5.69 Å². The second-order valence-corrected chi connectivity index (χ2v) is 4.54. The quantitative estimate of drug-likeness (QED) is 0.842. The fraction of sp³-hybridized carbons (Fsp3) is 0.286. The minimum absolute atomic E-state index is 0.207. The number of aliphatic imine (C=N–C) groups is 1. The van der Waals surface area contributed by atoms with E-state index in [0.717, 1.165) is 23.6 Å². The maximum Gasteiger partial charge on any atom is 0.181 e. The first-order valence-electron chi connectivity index (χ1n) is 6.16. The lowest BCUT2D eigenvalue weighted by molar-refractivity contribution is 0.329. The van der Waals surface area contributed by atoms with E-state index in [4.69, 9.17) is 9.15 Å². The minimum Gasteiger partial charge on any atom is -0.481 e. The summed E-state index contributed by atoms with van der Waals surface area (Å²) in [5.74, 6) is 0.775. The van der Waals surface area contributed by atoms with Crippen LogP contribution < -0.4 is 4.90 Å². The summed E-state index contributed by atoms with van der Waals surface area (Å²) < 4.78 is 10.4. The molecule has 2 aromatic rings. The maximum absolute atomic E-state index is 5.31. The molecule has 0 N–H and O–H groups in total. The molecule has 19 heavy (non-hydrogen) atoms. The highest BCUT2D eigenvalue weighted by molar-refractivity contribution is 5.63. The molecular formula is C14H15N3O2. The molecule has 0 aliphatic carbocycles. The fourth-order valence-electron chi connectivity index (χ4n) is 2.10. The van der Waals surface area contributed by atoms with Crippen LogP contribution in [0, 0.1) is 0 Å². The molecule has 3 rings (SSSR count). The lowest BCUT2D eigenvalue weighted by atomic mass is 10.1. The predicted molar refractivity (Wildman–Crippen MR) is 73.4 cm³/mol. The number of anilines is 1. The van der Waals surface area contributed by atoms with Gasteiger partial charge in [-0.3, -0.25) is 0 Å². The van der Waals surface area contributed by atoms with Crippen molar-refractivity contribution >= 4 is 12.1 Å². The average molecular weight is 257 g/mol. The van der Waals surface area contributed by atoms with Crippen LogP contribution in [0.25, 0.3) is 11.3 Å².